The molecule has 0 atom stereocenters. The van der Waals surface area contributed by atoms with Gasteiger partial charge >= 0.3 is 0 Å². The quantitative estimate of drug-likeness (QED) is 0.165. The summed E-state index contributed by atoms with van der Waals surface area (Å²) >= 11 is 8.24. The number of nitrogens with one attached hydrogen (secondary N) is 2. The number of nitrogens with zero attached hydrogens (tertiary/aromatic N) is 1. The number of carbonyl (C=O) groups excluding carboxylic acids is 1. The Kier molecular flexibility index (Phi) is 8.94. The number of carbonyl (C=O) groups is 1. The maximum atomic E-state index is 12.4. The number of benzene rings is 3. The van der Waals surface area contributed by atoms with Crippen LogP contribution in [0.5, 0.6) is 11.5 Å². The maximum absolute atomic E-state index is 12.4. The van der Waals surface area contributed by atoms with Crippen molar-refractivity contribution in [2.75, 3.05) is 23.8 Å². The molecule has 2 N–H and O–H groups in total. The van der Waals surface area contributed by atoms with E-state index in [-0.39, 0.29) is 18.2 Å². The molecule has 0 radical (unpaired) electrons. The van der Waals surface area contributed by atoms with Crippen LogP contribution in [0.3, 0.4) is 0 Å². The van der Waals surface area contributed by atoms with Crippen LogP contribution in [-0.2, 0) is 11.3 Å². The first-order chi connectivity index (χ1) is 16.3. The van der Waals surface area contributed by atoms with E-state index in [0.717, 1.165) is 14.7 Å². The van der Waals surface area contributed by atoms with Crippen molar-refractivity contribution in [3.63, 3.8) is 0 Å². The number of rotatable bonds is 10. The first kappa shape index (κ1) is 25.6. The number of anilines is 2. The third-order valence-electron chi connectivity index (χ3n) is 4.73. The predicted octanol–water partition coefficient (Wildman–Crippen LogP) is 6.19. The fraction of sp³-hybridized carbons (Fsp3) is 0.208. The second-order valence-electron chi connectivity index (χ2n) is 7.30. The third kappa shape index (κ3) is 6.97. The molecule has 3 aromatic carbocycles. The third-order valence-corrected chi connectivity index (χ3v) is 5.93. The minimum absolute atomic E-state index is 0.0181. The lowest BCUT2D eigenvalue weighted by Crippen LogP contribution is -2.20. The minimum atomic E-state index is -0.434. The molecule has 0 bridgehead atoms. The largest absolute Gasteiger partial charge is 0.490 e. The fourth-order valence-electron chi connectivity index (χ4n) is 3.07. The lowest BCUT2D eigenvalue weighted by Gasteiger charge is -2.16. The number of aryl methyl sites for hydroxylation is 1. The van der Waals surface area contributed by atoms with Crippen molar-refractivity contribution in [3.8, 4) is 11.5 Å². The van der Waals surface area contributed by atoms with Gasteiger partial charge in [0.15, 0.2) is 18.1 Å². The average Bonchev–Trinajstić information content (AvgIpc) is 2.80. The number of halogens is 2. The van der Waals surface area contributed by atoms with Crippen LogP contribution in [0, 0.1) is 20.6 Å². The van der Waals surface area contributed by atoms with Crippen LogP contribution >= 0.6 is 34.2 Å². The zero-order valence-electron chi connectivity index (χ0n) is 18.6. The van der Waals surface area contributed by atoms with Gasteiger partial charge in [0.05, 0.1) is 15.1 Å². The van der Waals surface area contributed by atoms with Crippen molar-refractivity contribution in [1.29, 1.82) is 0 Å². The number of nitro benzene ring substituents is 1. The van der Waals surface area contributed by atoms with E-state index in [1.165, 1.54) is 12.1 Å². The topological polar surface area (TPSA) is 103 Å². The summed E-state index contributed by atoms with van der Waals surface area (Å²) in [5.74, 6) is 0.657. The van der Waals surface area contributed by atoms with Gasteiger partial charge in [-0.05, 0) is 77.9 Å². The molecule has 0 spiro atoms. The van der Waals surface area contributed by atoms with Gasteiger partial charge in [0, 0.05) is 35.1 Å². The molecular weight excluding hydrogens is 573 g/mol. The summed E-state index contributed by atoms with van der Waals surface area (Å²) in [5.41, 5.74) is 3.06. The summed E-state index contributed by atoms with van der Waals surface area (Å²) in [6.45, 7) is 4.39. The lowest BCUT2D eigenvalue weighted by atomic mass is 10.2. The SMILES string of the molecule is CCOc1cc(CNc2cccc([N+](=O)[O-])c2)cc(I)c1OCC(=O)Nc1ccc(C)c(Cl)c1. The highest BCUT2D eigenvalue weighted by Crippen LogP contribution is 2.34. The lowest BCUT2D eigenvalue weighted by molar-refractivity contribution is -0.384. The summed E-state index contributed by atoms with van der Waals surface area (Å²) in [4.78, 5) is 22.9. The molecule has 3 aromatic rings. The number of hydrogen-bond acceptors (Lipinski definition) is 6. The second-order valence-corrected chi connectivity index (χ2v) is 8.87. The summed E-state index contributed by atoms with van der Waals surface area (Å²) in [6, 6.07) is 15.3. The Morgan fingerprint density at radius 2 is 1.91 bits per heavy atom. The molecule has 0 aliphatic rings. The highest BCUT2D eigenvalue weighted by Gasteiger charge is 2.15. The van der Waals surface area contributed by atoms with Gasteiger partial charge in [-0.3, -0.25) is 14.9 Å². The van der Waals surface area contributed by atoms with Crippen molar-refractivity contribution < 1.29 is 19.2 Å². The van der Waals surface area contributed by atoms with E-state index in [1.807, 2.05) is 32.0 Å². The number of amides is 1. The van der Waals surface area contributed by atoms with Crippen LogP contribution < -0.4 is 20.1 Å². The van der Waals surface area contributed by atoms with Crippen LogP contribution in [0.2, 0.25) is 5.02 Å². The van der Waals surface area contributed by atoms with Gasteiger partial charge in [-0.2, -0.15) is 0 Å². The summed E-state index contributed by atoms with van der Waals surface area (Å²) < 4.78 is 12.3. The normalized spacial score (nSPS) is 10.5. The molecule has 178 valence electrons. The number of hydrogen-bond donors (Lipinski definition) is 2. The highest BCUT2D eigenvalue weighted by molar-refractivity contribution is 14.1. The minimum Gasteiger partial charge on any atom is -0.490 e. The molecule has 0 aromatic heterocycles. The predicted molar refractivity (Wildman–Crippen MR) is 141 cm³/mol. The summed E-state index contributed by atoms with van der Waals surface area (Å²) in [7, 11) is 0. The van der Waals surface area contributed by atoms with Gasteiger partial charge in [-0.15, -0.1) is 0 Å². The molecular formula is C24H23ClIN3O5. The van der Waals surface area contributed by atoms with Crippen LogP contribution in [-0.4, -0.2) is 24.0 Å². The molecule has 8 nitrogen and oxygen atoms in total. The highest BCUT2D eigenvalue weighted by atomic mass is 127. The van der Waals surface area contributed by atoms with Crippen LogP contribution in [0.15, 0.2) is 54.6 Å². The van der Waals surface area contributed by atoms with E-state index in [0.29, 0.717) is 41.0 Å². The molecule has 0 unspecified atom stereocenters. The van der Waals surface area contributed by atoms with Crippen molar-refractivity contribution in [2.24, 2.45) is 0 Å². The Balaban J connectivity index is 1.68. The molecule has 3 rings (SSSR count). The fourth-order valence-corrected chi connectivity index (χ4v) is 4.07. The zero-order chi connectivity index (χ0) is 24.7. The molecule has 0 aliphatic heterocycles. The van der Waals surface area contributed by atoms with Crippen molar-refractivity contribution in [1.82, 2.24) is 0 Å². The van der Waals surface area contributed by atoms with Crippen LogP contribution in [0.1, 0.15) is 18.1 Å². The molecule has 0 fully saturated rings. The number of nitro groups is 1. The Morgan fingerprint density at radius 3 is 2.62 bits per heavy atom. The molecule has 0 saturated heterocycles. The molecule has 0 saturated carbocycles. The van der Waals surface area contributed by atoms with Gasteiger partial charge in [0.2, 0.25) is 0 Å². The average molecular weight is 596 g/mol. The monoisotopic (exact) mass is 595 g/mol. The van der Waals surface area contributed by atoms with Crippen LogP contribution in [0.4, 0.5) is 17.1 Å². The van der Waals surface area contributed by atoms with Gasteiger partial charge in [-0.1, -0.05) is 23.7 Å². The molecule has 34 heavy (non-hydrogen) atoms. The Labute approximate surface area is 215 Å². The number of ether oxygens (including phenoxy) is 2. The molecule has 1 amide bonds. The Morgan fingerprint density at radius 1 is 1.12 bits per heavy atom. The maximum Gasteiger partial charge on any atom is 0.271 e. The first-order valence-electron chi connectivity index (χ1n) is 10.4. The van der Waals surface area contributed by atoms with Gasteiger partial charge in [0.25, 0.3) is 11.6 Å². The van der Waals surface area contributed by atoms with E-state index in [2.05, 4.69) is 33.2 Å². The van der Waals surface area contributed by atoms with E-state index in [1.54, 1.807) is 24.3 Å². The first-order valence-corrected chi connectivity index (χ1v) is 11.8. The molecule has 0 aliphatic carbocycles. The van der Waals surface area contributed by atoms with Gasteiger partial charge in [-0.25, -0.2) is 0 Å². The standard InChI is InChI=1S/C24H23ClIN3O5/c1-3-33-22-10-16(13-27-17-5-4-6-19(11-17)29(31)32)9-21(26)24(22)34-14-23(30)28-18-8-7-15(2)20(25)12-18/h4-12,27H,3,13-14H2,1-2H3,(H,28,30). The van der Waals surface area contributed by atoms with Crippen molar-refractivity contribution >= 4 is 57.2 Å². The van der Waals surface area contributed by atoms with E-state index in [4.69, 9.17) is 21.1 Å². The molecule has 0 heterocycles. The van der Waals surface area contributed by atoms with E-state index >= 15 is 0 Å². The van der Waals surface area contributed by atoms with E-state index in [9.17, 15) is 14.9 Å². The Bertz CT molecular complexity index is 1210. The van der Waals surface area contributed by atoms with Crippen molar-refractivity contribution in [3.05, 3.63) is 84.4 Å². The summed E-state index contributed by atoms with van der Waals surface area (Å²) in [6.07, 6.45) is 0. The summed E-state index contributed by atoms with van der Waals surface area (Å²) in [5, 5.41) is 17.5. The second kappa shape index (κ2) is 11.9. The Hall–Kier alpha value is -3.05. The van der Waals surface area contributed by atoms with Crippen molar-refractivity contribution in [2.45, 2.75) is 20.4 Å². The smallest absolute Gasteiger partial charge is 0.271 e. The van der Waals surface area contributed by atoms with E-state index < -0.39 is 4.92 Å². The van der Waals surface area contributed by atoms with Gasteiger partial charge < -0.3 is 20.1 Å². The molecule has 10 heteroatoms. The van der Waals surface area contributed by atoms with Crippen LogP contribution in [0.25, 0.3) is 0 Å². The van der Waals surface area contributed by atoms with Gasteiger partial charge in [0.1, 0.15) is 0 Å². The number of non-ortho nitro benzene ring substituents is 1. The zero-order valence-corrected chi connectivity index (χ0v) is 21.5.